The van der Waals surface area contributed by atoms with E-state index in [4.69, 9.17) is 4.74 Å². The SMILES string of the molecule is O=C([O-])COC[C@H](O)[C@@H](O)/C=C/C=C/C#C/C=C/[C@H](O)COc1ccc(F)cc1.[K+]. The molecule has 7 nitrogen and oxygen atoms in total. The van der Waals surface area contributed by atoms with E-state index < -0.39 is 30.9 Å². The predicted octanol–water partition coefficient (Wildman–Crippen LogP) is -3.27. The van der Waals surface area contributed by atoms with E-state index in [1.54, 1.807) is 0 Å². The minimum Gasteiger partial charge on any atom is -0.548 e. The Morgan fingerprint density at radius 1 is 1.07 bits per heavy atom. The van der Waals surface area contributed by atoms with Crippen LogP contribution in [0, 0.1) is 17.7 Å². The van der Waals surface area contributed by atoms with Crippen LogP contribution in [0.1, 0.15) is 0 Å². The second-order valence-corrected chi connectivity index (χ2v) is 5.67. The van der Waals surface area contributed by atoms with E-state index in [1.165, 1.54) is 60.7 Å². The average molecular weight is 444 g/mol. The van der Waals surface area contributed by atoms with Crippen LogP contribution in [0.15, 0.2) is 60.7 Å². The number of carbonyl (C=O) groups is 1. The van der Waals surface area contributed by atoms with Crippen LogP contribution in [0.5, 0.6) is 5.75 Å². The third-order valence-corrected chi connectivity index (χ3v) is 3.22. The Balaban J connectivity index is 0.00000841. The Kier molecular flexibility index (Phi) is 16.6. The molecule has 3 N–H and O–H groups in total. The maximum absolute atomic E-state index is 12.8. The van der Waals surface area contributed by atoms with Gasteiger partial charge in [-0.05, 0) is 42.5 Å². The van der Waals surface area contributed by atoms with E-state index in [-0.39, 0.29) is 70.4 Å². The van der Waals surface area contributed by atoms with Crippen LogP contribution in [0.25, 0.3) is 0 Å². The summed E-state index contributed by atoms with van der Waals surface area (Å²) in [5.41, 5.74) is 0. The Morgan fingerprint density at radius 3 is 2.40 bits per heavy atom. The third kappa shape index (κ3) is 14.6. The number of carbonyl (C=O) groups excluding carboxylic acids is 1. The zero-order valence-electron chi connectivity index (χ0n) is 16.5. The smallest absolute Gasteiger partial charge is 0.548 e. The quantitative estimate of drug-likeness (QED) is 0.186. The number of ether oxygens (including phenoxy) is 2. The van der Waals surface area contributed by atoms with Crippen LogP contribution < -0.4 is 61.2 Å². The maximum Gasteiger partial charge on any atom is 1.00 e. The van der Waals surface area contributed by atoms with Gasteiger partial charge in [-0.1, -0.05) is 30.1 Å². The average Bonchev–Trinajstić information content (AvgIpc) is 2.69. The molecule has 0 spiro atoms. The van der Waals surface area contributed by atoms with Crippen molar-refractivity contribution in [3.05, 3.63) is 66.5 Å². The predicted molar refractivity (Wildman–Crippen MR) is 101 cm³/mol. The summed E-state index contributed by atoms with van der Waals surface area (Å²) < 4.78 is 22.7. The van der Waals surface area contributed by atoms with Crippen LogP contribution >= 0.6 is 0 Å². The van der Waals surface area contributed by atoms with Crippen molar-refractivity contribution < 1.29 is 90.5 Å². The normalized spacial score (nSPS) is 14.1. The number of allylic oxidation sites excluding steroid dienone is 4. The summed E-state index contributed by atoms with van der Waals surface area (Å²) in [6, 6.07) is 5.43. The molecule has 3 atom stereocenters. The van der Waals surface area contributed by atoms with Gasteiger partial charge in [0.1, 0.15) is 36.5 Å². The summed E-state index contributed by atoms with van der Waals surface area (Å²) in [4.78, 5) is 10.2. The molecule has 0 radical (unpaired) electrons. The van der Waals surface area contributed by atoms with Gasteiger partial charge in [0, 0.05) is 0 Å². The fourth-order valence-corrected chi connectivity index (χ4v) is 1.79. The van der Waals surface area contributed by atoms with Gasteiger partial charge in [0.25, 0.3) is 0 Å². The van der Waals surface area contributed by atoms with E-state index >= 15 is 0 Å². The summed E-state index contributed by atoms with van der Waals surface area (Å²) in [5.74, 6) is 3.99. The van der Waals surface area contributed by atoms with Crippen molar-refractivity contribution in [2.75, 3.05) is 19.8 Å². The van der Waals surface area contributed by atoms with E-state index in [2.05, 4.69) is 16.6 Å². The van der Waals surface area contributed by atoms with Crippen molar-refractivity contribution in [3.63, 3.8) is 0 Å². The number of benzene rings is 1. The van der Waals surface area contributed by atoms with Crippen LogP contribution in [0.2, 0.25) is 0 Å². The molecule has 0 fully saturated rings. The third-order valence-electron chi connectivity index (χ3n) is 3.22. The van der Waals surface area contributed by atoms with Gasteiger partial charge in [0.05, 0.1) is 19.2 Å². The van der Waals surface area contributed by atoms with Crippen molar-refractivity contribution in [3.8, 4) is 17.6 Å². The van der Waals surface area contributed by atoms with E-state index in [9.17, 15) is 29.6 Å². The number of carboxylic acids is 1. The second-order valence-electron chi connectivity index (χ2n) is 5.67. The van der Waals surface area contributed by atoms with Gasteiger partial charge in [0.15, 0.2) is 0 Å². The van der Waals surface area contributed by atoms with Gasteiger partial charge in [-0.25, -0.2) is 4.39 Å². The van der Waals surface area contributed by atoms with E-state index in [0.717, 1.165) is 0 Å². The molecule has 9 heteroatoms. The van der Waals surface area contributed by atoms with Gasteiger partial charge in [-0.2, -0.15) is 0 Å². The first-order valence-electron chi connectivity index (χ1n) is 8.59. The maximum atomic E-state index is 12.8. The van der Waals surface area contributed by atoms with Crippen LogP contribution in [0.4, 0.5) is 4.39 Å². The van der Waals surface area contributed by atoms with Gasteiger partial charge in [-0.15, -0.1) is 0 Å². The molecule has 0 aliphatic heterocycles. The van der Waals surface area contributed by atoms with Crippen molar-refractivity contribution in [1.29, 1.82) is 0 Å². The molecule has 0 saturated heterocycles. The Morgan fingerprint density at radius 2 is 1.73 bits per heavy atom. The fraction of sp³-hybridized carbons (Fsp3) is 0.286. The van der Waals surface area contributed by atoms with Gasteiger partial charge < -0.3 is 34.7 Å². The standard InChI is InChI=1S/C21H23FO7.K/c22-16-9-11-18(12-10-16)29-13-17(23)7-5-3-1-2-4-6-8-19(24)20(25)14-28-15-21(26)27;/h2,4-12,17,19-20,23-25H,13-15H2,(H,26,27);/q;+1/p-1/b4-2+,7-5+,8-6+;/t17-,19-,20-;/m0./s1. The zero-order chi connectivity index (χ0) is 21.5. The van der Waals surface area contributed by atoms with Gasteiger partial charge in [0.2, 0.25) is 0 Å². The summed E-state index contributed by atoms with van der Waals surface area (Å²) in [6.45, 7) is -1.01. The molecule has 0 amide bonds. The molecule has 0 unspecified atom stereocenters. The fourth-order valence-electron chi connectivity index (χ4n) is 1.79. The number of hydrogen-bond acceptors (Lipinski definition) is 7. The first-order valence-corrected chi connectivity index (χ1v) is 8.59. The Labute approximate surface area is 216 Å². The van der Waals surface area contributed by atoms with Gasteiger partial charge in [-0.3, -0.25) is 0 Å². The topological polar surface area (TPSA) is 119 Å². The molecule has 0 bridgehead atoms. The molecular weight excluding hydrogens is 422 g/mol. The summed E-state index contributed by atoms with van der Waals surface area (Å²) in [6.07, 6.45) is 5.24. The van der Waals surface area contributed by atoms with Gasteiger partial charge >= 0.3 is 51.4 Å². The monoisotopic (exact) mass is 444 g/mol. The molecule has 1 aromatic carbocycles. The van der Waals surface area contributed by atoms with Crippen LogP contribution in [-0.2, 0) is 9.53 Å². The molecule has 0 aromatic heterocycles. The number of carboxylic acid groups (broad SMARTS) is 1. The number of aliphatic hydroxyl groups excluding tert-OH is 3. The molecule has 1 aromatic rings. The largest absolute Gasteiger partial charge is 1.00 e. The van der Waals surface area contributed by atoms with Crippen molar-refractivity contribution in [2.45, 2.75) is 18.3 Å². The van der Waals surface area contributed by atoms with Crippen molar-refractivity contribution in [2.24, 2.45) is 0 Å². The molecule has 0 aliphatic rings. The van der Waals surface area contributed by atoms with E-state index in [0.29, 0.717) is 5.75 Å². The Bertz CT molecular complexity index is 766. The molecule has 0 saturated carbocycles. The molecule has 0 heterocycles. The van der Waals surface area contributed by atoms with Crippen molar-refractivity contribution >= 4 is 5.97 Å². The first-order chi connectivity index (χ1) is 13.9. The zero-order valence-corrected chi connectivity index (χ0v) is 19.6. The molecular formula is C21H22FKO7. The summed E-state index contributed by atoms with van der Waals surface area (Å²) in [7, 11) is 0. The van der Waals surface area contributed by atoms with Crippen LogP contribution in [-0.4, -0.2) is 59.4 Å². The van der Waals surface area contributed by atoms with E-state index in [1.807, 2.05) is 0 Å². The number of hydrogen-bond donors (Lipinski definition) is 3. The second kappa shape index (κ2) is 17.4. The number of aliphatic hydroxyl groups is 3. The summed E-state index contributed by atoms with van der Waals surface area (Å²) in [5, 5.41) is 39.0. The minimum absolute atomic E-state index is 0. The molecule has 30 heavy (non-hydrogen) atoms. The number of rotatable bonds is 11. The van der Waals surface area contributed by atoms with Crippen molar-refractivity contribution in [1.82, 2.24) is 0 Å². The first kappa shape index (κ1) is 28.7. The number of halogens is 1. The minimum atomic E-state index is -1.41. The summed E-state index contributed by atoms with van der Waals surface area (Å²) >= 11 is 0. The molecule has 1 rings (SSSR count). The molecule has 156 valence electrons. The molecule has 0 aliphatic carbocycles. The Hall–Kier alpha value is -1.32. The number of aliphatic carboxylic acids is 1. The van der Waals surface area contributed by atoms with Crippen LogP contribution in [0.3, 0.4) is 0 Å².